The first-order chi connectivity index (χ1) is 7.78. The third kappa shape index (κ3) is 1.58. The summed E-state index contributed by atoms with van der Waals surface area (Å²) >= 11 is 3.37. The van der Waals surface area contributed by atoms with Crippen LogP contribution < -0.4 is 15.0 Å². The monoisotopic (exact) mass is 283 g/mol. The van der Waals surface area contributed by atoms with Gasteiger partial charge in [0.2, 0.25) is 0 Å². The second kappa shape index (κ2) is 3.89. The van der Waals surface area contributed by atoms with E-state index in [0.717, 1.165) is 41.6 Å². The van der Waals surface area contributed by atoms with Gasteiger partial charge in [0.15, 0.2) is 5.75 Å². The lowest BCUT2D eigenvalue weighted by molar-refractivity contribution is 0.297. The van der Waals surface area contributed by atoms with Gasteiger partial charge in [0, 0.05) is 37.7 Å². The van der Waals surface area contributed by atoms with Gasteiger partial charge in [0.05, 0.1) is 19.0 Å². The zero-order valence-corrected chi connectivity index (χ0v) is 10.7. The van der Waals surface area contributed by atoms with E-state index in [9.17, 15) is 0 Å². The van der Waals surface area contributed by atoms with Gasteiger partial charge in [-0.3, -0.25) is 0 Å². The second-order valence-corrected chi connectivity index (χ2v) is 5.12. The van der Waals surface area contributed by atoms with Crippen LogP contribution >= 0.6 is 15.9 Å². The van der Waals surface area contributed by atoms with Crippen LogP contribution in [-0.2, 0) is 0 Å². The number of pyridine rings is 1. The van der Waals surface area contributed by atoms with E-state index < -0.39 is 0 Å². The van der Waals surface area contributed by atoms with Crippen molar-refractivity contribution < 1.29 is 4.74 Å². The third-order valence-corrected chi connectivity index (χ3v) is 4.06. The predicted octanol–water partition coefficient (Wildman–Crippen LogP) is 1.26. The van der Waals surface area contributed by atoms with Gasteiger partial charge in [0.25, 0.3) is 0 Å². The third-order valence-electron chi connectivity index (χ3n) is 3.46. The Morgan fingerprint density at radius 1 is 1.56 bits per heavy atom. The molecule has 5 heteroatoms. The SMILES string of the molecule is COc1cc(N2C[C@H]3CN[C@H]3C2)cnc1Br. The molecule has 16 heavy (non-hydrogen) atoms. The van der Waals surface area contributed by atoms with Crippen LogP contribution in [-0.4, -0.2) is 37.8 Å². The maximum atomic E-state index is 5.26. The molecule has 0 amide bonds. The highest BCUT2D eigenvalue weighted by Gasteiger charge is 2.39. The molecule has 3 heterocycles. The summed E-state index contributed by atoms with van der Waals surface area (Å²) < 4.78 is 6.03. The minimum absolute atomic E-state index is 0.676. The Balaban J connectivity index is 1.83. The largest absolute Gasteiger partial charge is 0.494 e. The van der Waals surface area contributed by atoms with E-state index in [2.05, 4.69) is 31.1 Å². The lowest BCUT2D eigenvalue weighted by Crippen LogP contribution is -2.51. The highest BCUT2D eigenvalue weighted by atomic mass is 79.9. The second-order valence-electron chi connectivity index (χ2n) is 4.37. The summed E-state index contributed by atoms with van der Waals surface area (Å²) in [6, 6.07) is 2.72. The number of hydrogen-bond acceptors (Lipinski definition) is 4. The van der Waals surface area contributed by atoms with E-state index in [4.69, 9.17) is 4.74 Å². The molecule has 2 aliphatic rings. The van der Waals surface area contributed by atoms with Crippen LogP contribution in [0.4, 0.5) is 5.69 Å². The topological polar surface area (TPSA) is 37.4 Å². The van der Waals surface area contributed by atoms with Crippen molar-refractivity contribution in [3.05, 3.63) is 16.9 Å². The van der Waals surface area contributed by atoms with Crippen LogP contribution in [0.25, 0.3) is 0 Å². The summed E-state index contributed by atoms with van der Waals surface area (Å²) in [5.74, 6) is 1.61. The Labute approximate surface area is 103 Å². The molecular weight excluding hydrogens is 270 g/mol. The van der Waals surface area contributed by atoms with E-state index >= 15 is 0 Å². The van der Waals surface area contributed by atoms with Crippen LogP contribution in [0.1, 0.15) is 0 Å². The molecule has 2 aliphatic heterocycles. The zero-order valence-electron chi connectivity index (χ0n) is 9.11. The van der Waals surface area contributed by atoms with Gasteiger partial charge in [0.1, 0.15) is 4.60 Å². The molecule has 0 aromatic carbocycles. The van der Waals surface area contributed by atoms with Crippen molar-refractivity contribution in [2.24, 2.45) is 5.92 Å². The van der Waals surface area contributed by atoms with Gasteiger partial charge in [-0.05, 0) is 15.9 Å². The molecule has 3 rings (SSSR count). The van der Waals surface area contributed by atoms with Crippen molar-refractivity contribution in [1.29, 1.82) is 0 Å². The maximum absolute atomic E-state index is 5.26. The molecule has 0 unspecified atom stereocenters. The van der Waals surface area contributed by atoms with Gasteiger partial charge >= 0.3 is 0 Å². The molecule has 2 atom stereocenters. The number of halogens is 1. The smallest absolute Gasteiger partial charge is 0.153 e. The number of nitrogens with zero attached hydrogens (tertiary/aromatic N) is 2. The van der Waals surface area contributed by atoms with Crippen LogP contribution in [0.2, 0.25) is 0 Å². The van der Waals surface area contributed by atoms with Crippen molar-refractivity contribution in [2.75, 3.05) is 31.6 Å². The highest BCUT2D eigenvalue weighted by Crippen LogP contribution is 2.32. The van der Waals surface area contributed by atoms with Crippen molar-refractivity contribution >= 4 is 21.6 Å². The average molecular weight is 284 g/mol. The number of rotatable bonds is 2. The Kier molecular flexibility index (Phi) is 2.52. The summed E-state index contributed by atoms with van der Waals surface area (Å²) in [6.45, 7) is 3.36. The molecule has 1 N–H and O–H groups in total. The molecular formula is C11H14BrN3O. The summed E-state index contributed by atoms with van der Waals surface area (Å²) in [5, 5.41) is 3.44. The van der Waals surface area contributed by atoms with Gasteiger partial charge in [-0.25, -0.2) is 4.98 Å². The fourth-order valence-corrected chi connectivity index (χ4v) is 2.77. The van der Waals surface area contributed by atoms with Crippen molar-refractivity contribution in [3.63, 3.8) is 0 Å². The quantitative estimate of drug-likeness (QED) is 0.830. The molecule has 0 spiro atoms. The van der Waals surface area contributed by atoms with E-state index in [0.29, 0.717) is 6.04 Å². The van der Waals surface area contributed by atoms with Gasteiger partial charge in [-0.1, -0.05) is 0 Å². The number of nitrogens with one attached hydrogen (secondary N) is 1. The number of ether oxygens (including phenoxy) is 1. The van der Waals surface area contributed by atoms with Crippen LogP contribution in [0.15, 0.2) is 16.9 Å². The molecule has 1 aromatic heterocycles. The lowest BCUT2D eigenvalue weighted by Gasteiger charge is -2.29. The van der Waals surface area contributed by atoms with Crippen LogP contribution in [0.3, 0.4) is 0 Å². The standard InChI is InChI=1S/C11H14BrN3O/c1-16-10-2-8(4-14-11(10)12)15-5-7-3-13-9(7)6-15/h2,4,7,9,13H,3,5-6H2,1H3/t7-,9+/m1/s1. The summed E-state index contributed by atoms with van der Waals surface area (Å²) in [6.07, 6.45) is 1.90. The van der Waals surface area contributed by atoms with Crippen molar-refractivity contribution in [1.82, 2.24) is 10.3 Å². The normalized spacial score (nSPS) is 27.5. The fourth-order valence-electron chi connectivity index (χ4n) is 2.40. The molecule has 4 nitrogen and oxygen atoms in total. The van der Waals surface area contributed by atoms with E-state index in [-0.39, 0.29) is 0 Å². The van der Waals surface area contributed by atoms with Crippen molar-refractivity contribution in [2.45, 2.75) is 6.04 Å². The van der Waals surface area contributed by atoms with E-state index in [1.807, 2.05) is 12.3 Å². The number of fused-ring (bicyclic) bond motifs is 1. The molecule has 86 valence electrons. The molecule has 2 saturated heterocycles. The molecule has 0 radical (unpaired) electrons. The zero-order chi connectivity index (χ0) is 11.1. The minimum Gasteiger partial charge on any atom is -0.494 e. The lowest BCUT2D eigenvalue weighted by atomic mass is 9.96. The van der Waals surface area contributed by atoms with Crippen molar-refractivity contribution in [3.8, 4) is 5.75 Å². The molecule has 0 saturated carbocycles. The summed E-state index contributed by atoms with van der Waals surface area (Å²) in [4.78, 5) is 6.67. The number of aromatic nitrogens is 1. The first kappa shape index (κ1) is 10.4. The van der Waals surface area contributed by atoms with Gasteiger partial charge < -0.3 is 15.0 Å². The number of anilines is 1. The Hall–Kier alpha value is -0.810. The van der Waals surface area contributed by atoms with Gasteiger partial charge in [-0.2, -0.15) is 0 Å². The fraction of sp³-hybridized carbons (Fsp3) is 0.545. The first-order valence-electron chi connectivity index (χ1n) is 5.46. The first-order valence-corrected chi connectivity index (χ1v) is 6.25. The minimum atomic E-state index is 0.676. The Morgan fingerprint density at radius 2 is 2.44 bits per heavy atom. The van der Waals surface area contributed by atoms with Crippen LogP contribution in [0, 0.1) is 5.92 Å². The molecule has 0 bridgehead atoms. The van der Waals surface area contributed by atoms with Gasteiger partial charge in [-0.15, -0.1) is 0 Å². The highest BCUT2D eigenvalue weighted by molar-refractivity contribution is 9.10. The van der Waals surface area contributed by atoms with E-state index in [1.54, 1.807) is 7.11 Å². The Bertz CT molecular complexity index is 400. The molecule has 1 aromatic rings. The number of hydrogen-bond donors (Lipinski definition) is 1. The summed E-state index contributed by atoms with van der Waals surface area (Å²) in [5.41, 5.74) is 1.15. The summed E-state index contributed by atoms with van der Waals surface area (Å²) in [7, 11) is 1.67. The number of methoxy groups -OCH3 is 1. The molecule has 0 aliphatic carbocycles. The van der Waals surface area contributed by atoms with E-state index in [1.165, 1.54) is 0 Å². The average Bonchev–Trinajstić information content (AvgIpc) is 2.56. The predicted molar refractivity (Wildman–Crippen MR) is 66.0 cm³/mol. The van der Waals surface area contributed by atoms with Crippen LogP contribution in [0.5, 0.6) is 5.75 Å². The Morgan fingerprint density at radius 3 is 3.00 bits per heavy atom. The maximum Gasteiger partial charge on any atom is 0.153 e. The molecule has 2 fully saturated rings.